The Bertz CT molecular complexity index is 126. The van der Waals surface area contributed by atoms with E-state index in [1.54, 1.807) is 0 Å². The van der Waals surface area contributed by atoms with Crippen molar-refractivity contribution in [1.82, 2.24) is 0 Å². The van der Waals surface area contributed by atoms with Crippen LogP contribution in [0.3, 0.4) is 0 Å². The molecule has 1 N–H and O–H groups in total. The van der Waals surface area contributed by atoms with Crippen LogP contribution in [-0.2, 0) is 4.79 Å². The molecule has 0 atom stereocenters. The molecule has 0 fully saturated rings. The lowest BCUT2D eigenvalue weighted by molar-refractivity contribution is -0.299. The number of carboxylic acid groups (broad SMARTS) is 1. The highest BCUT2D eigenvalue weighted by Crippen LogP contribution is 1.91. The van der Waals surface area contributed by atoms with E-state index in [0.717, 1.165) is 0 Å². The summed E-state index contributed by atoms with van der Waals surface area (Å²) in [5.74, 6) is -1.18. The lowest BCUT2D eigenvalue weighted by Crippen LogP contribution is -2.23. The van der Waals surface area contributed by atoms with Crippen LogP contribution in [0.4, 0.5) is 0 Å². The van der Waals surface area contributed by atoms with Crippen LogP contribution in [0.25, 0.3) is 0 Å². The highest BCUT2D eigenvalue weighted by Gasteiger charge is 1.85. The van der Waals surface area contributed by atoms with E-state index in [1.165, 1.54) is 13.0 Å². The molecule has 0 aromatic rings. The molecule has 0 spiro atoms. The average Bonchev–Trinajstić information content (AvgIpc) is 1.82. The minimum Gasteiger partial charge on any atom is -0.545 e. The van der Waals surface area contributed by atoms with Crippen molar-refractivity contribution in [2.45, 2.75) is 13.3 Å². The molecule has 3 nitrogen and oxygen atoms in total. The van der Waals surface area contributed by atoms with Gasteiger partial charge in [0.15, 0.2) is 0 Å². The molecule has 9 heavy (non-hydrogen) atoms. The van der Waals surface area contributed by atoms with Gasteiger partial charge in [0.2, 0.25) is 0 Å². The molecule has 0 heterocycles. The van der Waals surface area contributed by atoms with Gasteiger partial charge in [0.25, 0.3) is 0 Å². The molecule has 0 aliphatic rings. The van der Waals surface area contributed by atoms with Crippen LogP contribution in [0.5, 0.6) is 0 Å². The zero-order valence-electron chi connectivity index (χ0n) is 5.26. The minimum absolute atomic E-state index is 0.0232. The fourth-order valence-corrected chi connectivity index (χ4v) is 0.364. The van der Waals surface area contributed by atoms with Crippen molar-refractivity contribution in [2.75, 3.05) is 6.61 Å². The smallest absolute Gasteiger partial charge is 0.0668 e. The first-order valence-electron chi connectivity index (χ1n) is 2.67. The van der Waals surface area contributed by atoms with Crippen LogP contribution in [-0.4, -0.2) is 17.7 Å². The maximum Gasteiger partial charge on any atom is 0.0668 e. The Labute approximate surface area is 53.6 Å². The Morgan fingerprint density at radius 3 is 2.67 bits per heavy atom. The van der Waals surface area contributed by atoms with Gasteiger partial charge in [-0.2, -0.15) is 0 Å². The number of carbonyl (C=O) groups excluding carboxylic acids is 1. The first-order chi connectivity index (χ1) is 4.18. The van der Waals surface area contributed by atoms with Crippen molar-refractivity contribution in [3.8, 4) is 0 Å². The van der Waals surface area contributed by atoms with Gasteiger partial charge >= 0.3 is 0 Å². The molecule has 0 aliphatic heterocycles. The summed E-state index contributed by atoms with van der Waals surface area (Å²) in [6.07, 6.45) is 1.80. The van der Waals surface area contributed by atoms with E-state index >= 15 is 0 Å². The van der Waals surface area contributed by atoms with E-state index in [2.05, 4.69) is 0 Å². The third kappa shape index (κ3) is 3.73. The molecule has 52 valence electrons. The number of carboxylic acids is 1. The topological polar surface area (TPSA) is 60.4 Å². The Morgan fingerprint density at radius 1 is 1.78 bits per heavy atom. The van der Waals surface area contributed by atoms with Crippen molar-refractivity contribution >= 4 is 5.97 Å². The zero-order valence-corrected chi connectivity index (χ0v) is 5.26. The van der Waals surface area contributed by atoms with E-state index < -0.39 is 5.97 Å². The molecular formula is C6H9O3-. The molecular weight excluding hydrogens is 120 g/mol. The first-order valence-corrected chi connectivity index (χ1v) is 2.67. The fourth-order valence-electron chi connectivity index (χ4n) is 0.364. The quantitative estimate of drug-likeness (QED) is 0.500. The largest absolute Gasteiger partial charge is 0.545 e. The predicted molar refractivity (Wildman–Crippen MR) is 30.5 cm³/mol. The van der Waals surface area contributed by atoms with Crippen LogP contribution in [0.15, 0.2) is 11.6 Å². The molecule has 0 aromatic carbocycles. The van der Waals surface area contributed by atoms with Crippen LogP contribution in [0.1, 0.15) is 13.3 Å². The Kier molecular flexibility index (Phi) is 3.71. The van der Waals surface area contributed by atoms with Crippen molar-refractivity contribution in [3.05, 3.63) is 11.6 Å². The Hall–Kier alpha value is -0.830. The van der Waals surface area contributed by atoms with Gasteiger partial charge < -0.3 is 15.0 Å². The molecule has 0 amide bonds. The van der Waals surface area contributed by atoms with E-state index in [4.69, 9.17) is 5.11 Å². The monoisotopic (exact) mass is 129 g/mol. The summed E-state index contributed by atoms with van der Waals surface area (Å²) < 4.78 is 0. The second-order valence-corrected chi connectivity index (χ2v) is 1.69. The van der Waals surface area contributed by atoms with Gasteiger partial charge in [-0.05, 0) is 18.9 Å². The molecule has 3 heteroatoms. The van der Waals surface area contributed by atoms with Gasteiger partial charge in [0, 0.05) is 6.61 Å². The molecule has 0 bridgehead atoms. The average molecular weight is 129 g/mol. The highest BCUT2D eigenvalue weighted by atomic mass is 16.4. The Balaban J connectivity index is 3.69. The van der Waals surface area contributed by atoms with Crippen LogP contribution >= 0.6 is 0 Å². The normalized spacial score (nSPS) is 11.6. The van der Waals surface area contributed by atoms with E-state index in [9.17, 15) is 9.90 Å². The predicted octanol–water partition coefficient (Wildman–Crippen LogP) is -0.935. The van der Waals surface area contributed by atoms with E-state index in [0.29, 0.717) is 6.42 Å². The molecule has 0 saturated heterocycles. The lowest BCUT2D eigenvalue weighted by atomic mass is 10.2. The van der Waals surface area contributed by atoms with Gasteiger partial charge in [-0.3, -0.25) is 0 Å². The highest BCUT2D eigenvalue weighted by molar-refractivity contribution is 5.83. The van der Waals surface area contributed by atoms with Crippen molar-refractivity contribution < 1.29 is 15.0 Å². The van der Waals surface area contributed by atoms with E-state index in [-0.39, 0.29) is 12.2 Å². The summed E-state index contributed by atoms with van der Waals surface area (Å²) in [5, 5.41) is 18.2. The maximum absolute atomic E-state index is 9.94. The number of aliphatic carboxylic acids is 1. The van der Waals surface area contributed by atoms with Crippen molar-refractivity contribution in [3.63, 3.8) is 0 Å². The summed E-state index contributed by atoms with van der Waals surface area (Å²) in [4.78, 5) is 9.94. The molecule has 0 unspecified atom stereocenters. The van der Waals surface area contributed by atoms with Crippen LogP contribution in [0, 0.1) is 0 Å². The fraction of sp³-hybridized carbons (Fsp3) is 0.500. The number of rotatable bonds is 3. The third-order valence-electron chi connectivity index (χ3n) is 0.902. The third-order valence-corrected chi connectivity index (χ3v) is 0.902. The summed E-state index contributed by atoms with van der Waals surface area (Å²) in [6, 6.07) is 0. The second kappa shape index (κ2) is 4.09. The van der Waals surface area contributed by atoms with Crippen LogP contribution < -0.4 is 5.11 Å². The zero-order chi connectivity index (χ0) is 7.28. The van der Waals surface area contributed by atoms with E-state index in [1.807, 2.05) is 0 Å². The van der Waals surface area contributed by atoms with Crippen LogP contribution in [0.2, 0.25) is 0 Å². The minimum atomic E-state index is -1.18. The first kappa shape index (κ1) is 8.17. The molecule has 0 saturated carbocycles. The van der Waals surface area contributed by atoms with Crippen molar-refractivity contribution in [2.24, 2.45) is 0 Å². The van der Waals surface area contributed by atoms with Gasteiger partial charge in [-0.25, -0.2) is 0 Å². The summed E-state index contributed by atoms with van der Waals surface area (Å²) >= 11 is 0. The standard InChI is InChI=1S/C6H10O3/c1-5(6(8)9)3-2-4-7/h3,7H,2,4H2,1H3,(H,8,9)/p-1/b5-3-. The Morgan fingerprint density at radius 2 is 2.33 bits per heavy atom. The molecule has 0 radical (unpaired) electrons. The number of aliphatic hydroxyl groups is 1. The summed E-state index contributed by atoms with van der Waals surface area (Å²) in [7, 11) is 0. The van der Waals surface area contributed by atoms with Crippen molar-refractivity contribution in [1.29, 1.82) is 0 Å². The lowest BCUT2D eigenvalue weighted by Gasteiger charge is -1.98. The number of hydrogen-bond donors (Lipinski definition) is 1. The van der Waals surface area contributed by atoms with Gasteiger partial charge in [0.1, 0.15) is 0 Å². The SMILES string of the molecule is C/C(=C/CCO)C(=O)[O-]. The number of carbonyl (C=O) groups is 1. The summed E-state index contributed by atoms with van der Waals surface area (Å²) in [5.41, 5.74) is 0.170. The summed E-state index contributed by atoms with van der Waals surface area (Å²) in [6.45, 7) is 1.41. The molecule has 0 aliphatic carbocycles. The molecule has 0 aromatic heterocycles. The maximum atomic E-state index is 9.94. The van der Waals surface area contributed by atoms with Gasteiger partial charge in [0.05, 0.1) is 5.97 Å². The van der Waals surface area contributed by atoms with Gasteiger partial charge in [-0.15, -0.1) is 0 Å². The number of hydrogen-bond acceptors (Lipinski definition) is 3. The van der Waals surface area contributed by atoms with Gasteiger partial charge in [-0.1, -0.05) is 6.08 Å². The molecule has 0 rings (SSSR count). The second-order valence-electron chi connectivity index (χ2n) is 1.69. The number of aliphatic hydroxyl groups excluding tert-OH is 1.